The molecule has 0 aromatic carbocycles. The summed E-state index contributed by atoms with van der Waals surface area (Å²) in [6, 6.07) is 0. The smallest absolute Gasteiger partial charge is 0.407 e. The lowest BCUT2D eigenvalue weighted by Crippen LogP contribution is -2.51. The monoisotopic (exact) mass is 662 g/mol. The molecule has 3 fully saturated rings. The Morgan fingerprint density at radius 2 is 1.62 bits per heavy atom. The molecule has 8 atom stereocenters. The van der Waals surface area contributed by atoms with Crippen molar-refractivity contribution in [1.29, 1.82) is 0 Å². The molecule has 0 aromatic rings. The van der Waals surface area contributed by atoms with E-state index in [9.17, 15) is 9.59 Å². The predicted molar refractivity (Wildman–Crippen MR) is 184 cm³/mol. The van der Waals surface area contributed by atoms with Crippen LogP contribution in [0.2, 0.25) is 0 Å². The van der Waals surface area contributed by atoms with E-state index in [2.05, 4.69) is 51.3 Å². The molecule has 9 nitrogen and oxygen atoms in total. The minimum Gasteiger partial charge on any atom is -0.446 e. The third kappa shape index (κ3) is 10.2. The van der Waals surface area contributed by atoms with E-state index in [0.29, 0.717) is 51.6 Å². The molecule has 270 valence electrons. The van der Waals surface area contributed by atoms with Gasteiger partial charge in [0.15, 0.2) is 0 Å². The maximum Gasteiger partial charge on any atom is 0.407 e. The van der Waals surface area contributed by atoms with Gasteiger partial charge in [-0.3, -0.25) is 4.79 Å². The largest absolute Gasteiger partial charge is 0.446 e. The number of aliphatic hydroxyl groups is 1. The molecule has 1 unspecified atom stereocenters. The molecule has 47 heavy (non-hydrogen) atoms. The Labute approximate surface area is 284 Å². The summed E-state index contributed by atoms with van der Waals surface area (Å²) in [6.07, 6.45) is 15.5. The van der Waals surface area contributed by atoms with Crippen molar-refractivity contribution in [2.45, 2.75) is 111 Å². The van der Waals surface area contributed by atoms with Crippen LogP contribution in [0.15, 0.2) is 11.6 Å². The molecular weight excluding hydrogens is 596 g/mol. The van der Waals surface area contributed by atoms with Gasteiger partial charge in [0.2, 0.25) is 5.91 Å². The van der Waals surface area contributed by atoms with Crippen LogP contribution >= 0.6 is 0 Å². The van der Waals surface area contributed by atoms with Gasteiger partial charge in [0, 0.05) is 13.0 Å². The van der Waals surface area contributed by atoms with Crippen molar-refractivity contribution in [3.05, 3.63) is 11.6 Å². The third-order valence-electron chi connectivity index (χ3n) is 12.5. The summed E-state index contributed by atoms with van der Waals surface area (Å²) in [5.74, 6) is 4.60. The number of allylic oxidation sites excluding steroid dienone is 1. The van der Waals surface area contributed by atoms with Crippen LogP contribution in [-0.4, -0.2) is 82.5 Å². The van der Waals surface area contributed by atoms with Crippen LogP contribution in [0.25, 0.3) is 0 Å². The molecule has 9 heteroatoms. The highest BCUT2D eigenvalue weighted by atomic mass is 16.6. The maximum absolute atomic E-state index is 12.6. The number of aliphatic hydroxyl groups excluding tert-OH is 1. The molecule has 4 aliphatic carbocycles. The third-order valence-corrected chi connectivity index (χ3v) is 12.5. The van der Waals surface area contributed by atoms with Gasteiger partial charge >= 0.3 is 6.09 Å². The van der Waals surface area contributed by atoms with Gasteiger partial charge in [-0.1, -0.05) is 65.5 Å². The number of fused-ring (bicyclic) bond motifs is 5. The first-order valence-corrected chi connectivity index (χ1v) is 18.8. The number of hydrogen-bond acceptors (Lipinski definition) is 7. The number of carbonyl (C=O) groups is 2. The van der Waals surface area contributed by atoms with Crippen LogP contribution in [0.3, 0.4) is 0 Å². The standard InChI is InChI=1S/C38H66N2O7/c1-27(2)7-6-8-28(3)32-11-12-33-31-10-9-29-25-30(13-15-37(29,4)34(31)14-16-38(32,33)5)47-36(43)40-26-35(42)39-17-19-44-21-23-46-24-22-45-20-18-41/h9,27-28,30-34,41H,6-8,10-26H2,1-5H3,(H,39,42)(H,40,43)/t28-,30?,31+,32-,33+,34+,37+,38-/m1/s1. The van der Waals surface area contributed by atoms with Crippen LogP contribution in [0.4, 0.5) is 4.79 Å². The number of nitrogens with one attached hydrogen (secondary N) is 2. The molecule has 2 amide bonds. The summed E-state index contributed by atoms with van der Waals surface area (Å²) in [5, 5.41) is 14.0. The van der Waals surface area contributed by atoms with Gasteiger partial charge in [-0.15, -0.1) is 0 Å². The molecule has 0 spiro atoms. The first kappa shape index (κ1) is 38.1. The minimum atomic E-state index is -0.521. The molecule has 0 bridgehead atoms. The van der Waals surface area contributed by atoms with Crippen LogP contribution in [0.5, 0.6) is 0 Å². The fourth-order valence-electron chi connectivity index (χ4n) is 10.0. The molecular formula is C38H66N2O7. The van der Waals surface area contributed by atoms with Crippen molar-refractivity contribution in [2.75, 3.05) is 59.3 Å². The summed E-state index contributed by atoms with van der Waals surface area (Å²) < 4.78 is 21.7. The van der Waals surface area contributed by atoms with E-state index in [1.54, 1.807) is 0 Å². The van der Waals surface area contributed by atoms with Crippen LogP contribution in [0.1, 0.15) is 105 Å². The summed E-state index contributed by atoms with van der Waals surface area (Å²) in [6.45, 7) is 15.0. The average molecular weight is 663 g/mol. The predicted octanol–water partition coefficient (Wildman–Crippen LogP) is 6.28. The van der Waals surface area contributed by atoms with E-state index < -0.39 is 6.09 Å². The lowest BCUT2D eigenvalue weighted by Gasteiger charge is -2.58. The molecule has 0 heterocycles. The SMILES string of the molecule is CC(C)CCC[C@@H](C)[C@H]1CC[C@H]2[C@@H]3CC=C4CC(OC(=O)NCC(=O)NCCOCCOCCOCCO)CC[C@]4(C)[C@H]3CC[C@]12C. The zero-order chi connectivity index (χ0) is 33.9. The van der Waals surface area contributed by atoms with Gasteiger partial charge in [-0.25, -0.2) is 4.79 Å². The molecule has 0 aromatic heterocycles. The minimum absolute atomic E-state index is 0.00363. The zero-order valence-corrected chi connectivity index (χ0v) is 30.2. The number of alkyl carbamates (subject to hydrolysis) is 1. The van der Waals surface area contributed by atoms with Gasteiger partial charge in [0.05, 0.1) is 52.8 Å². The van der Waals surface area contributed by atoms with E-state index in [1.165, 1.54) is 56.9 Å². The van der Waals surface area contributed by atoms with Crippen LogP contribution in [0, 0.1) is 46.3 Å². The number of carbonyl (C=O) groups excluding carboxylic acids is 2. The van der Waals surface area contributed by atoms with Gasteiger partial charge in [-0.2, -0.15) is 0 Å². The van der Waals surface area contributed by atoms with Crippen molar-refractivity contribution in [3.63, 3.8) is 0 Å². The second-order valence-corrected chi connectivity index (χ2v) is 15.8. The molecule has 0 radical (unpaired) electrons. The summed E-state index contributed by atoms with van der Waals surface area (Å²) in [5.41, 5.74) is 2.20. The summed E-state index contributed by atoms with van der Waals surface area (Å²) in [4.78, 5) is 24.8. The highest BCUT2D eigenvalue weighted by molar-refractivity contribution is 5.82. The van der Waals surface area contributed by atoms with Crippen molar-refractivity contribution < 1.29 is 33.6 Å². The Morgan fingerprint density at radius 3 is 2.34 bits per heavy atom. The van der Waals surface area contributed by atoms with Crippen LogP contribution in [-0.2, 0) is 23.7 Å². The lowest BCUT2D eigenvalue weighted by molar-refractivity contribution is -0.120. The Morgan fingerprint density at radius 1 is 0.894 bits per heavy atom. The fourth-order valence-corrected chi connectivity index (χ4v) is 10.0. The zero-order valence-electron chi connectivity index (χ0n) is 30.2. The highest BCUT2D eigenvalue weighted by Crippen LogP contribution is 2.67. The first-order chi connectivity index (χ1) is 22.6. The highest BCUT2D eigenvalue weighted by Gasteiger charge is 2.59. The van der Waals surface area contributed by atoms with Gasteiger partial charge in [0.25, 0.3) is 0 Å². The van der Waals surface area contributed by atoms with Gasteiger partial charge in [-0.05, 0) is 91.3 Å². The lowest BCUT2D eigenvalue weighted by atomic mass is 9.47. The fraction of sp³-hybridized carbons (Fsp3) is 0.895. The number of ether oxygens (including phenoxy) is 4. The molecule has 0 saturated heterocycles. The van der Waals surface area contributed by atoms with E-state index in [4.69, 9.17) is 24.1 Å². The normalized spacial score (nSPS) is 32.1. The Hall–Kier alpha value is -1.68. The Balaban J connectivity index is 1.15. The molecule has 3 saturated carbocycles. The summed E-state index contributed by atoms with van der Waals surface area (Å²) in [7, 11) is 0. The van der Waals surface area contributed by atoms with E-state index in [0.717, 1.165) is 54.8 Å². The van der Waals surface area contributed by atoms with Gasteiger partial charge < -0.3 is 34.7 Å². The number of rotatable bonds is 19. The number of amides is 2. The quantitative estimate of drug-likeness (QED) is 0.110. The molecule has 0 aliphatic heterocycles. The summed E-state index contributed by atoms with van der Waals surface area (Å²) >= 11 is 0. The second kappa shape index (κ2) is 18.4. The van der Waals surface area contributed by atoms with Crippen molar-refractivity contribution in [2.24, 2.45) is 46.3 Å². The van der Waals surface area contributed by atoms with Crippen molar-refractivity contribution in [1.82, 2.24) is 10.6 Å². The Bertz CT molecular complexity index is 1020. The van der Waals surface area contributed by atoms with E-state index in [1.807, 2.05) is 0 Å². The van der Waals surface area contributed by atoms with Crippen molar-refractivity contribution in [3.8, 4) is 0 Å². The first-order valence-electron chi connectivity index (χ1n) is 18.8. The topological polar surface area (TPSA) is 115 Å². The average Bonchev–Trinajstić information content (AvgIpc) is 3.40. The van der Waals surface area contributed by atoms with Gasteiger partial charge in [0.1, 0.15) is 6.10 Å². The molecule has 4 aliphatic rings. The van der Waals surface area contributed by atoms with E-state index >= 15 is 0 Å². The number of hydrogen-bond donors (Lipinski definition) is 3. The Kier molecular flexibility index (Phi) is 14.9. The maximum atomic E-state index is 12.6. The van der Waals surface area contributed by atoms with Crippen LogP contribution < -0.4 is 10.6 Å². The second-order valence-electron chi connectivity index (χ2n) is 15.8. The van der Waals surface area contributed by atoms with Crippen molar-refractivity contribution >= 4 is 12.0 Å². The van der Waals surface area contributed by atoms with E-state index in [-0.39, 0.29) is 30.6 Å². The molecule has 4 rings (SSSR count). The molecule has 3 N–H and O–H groups in total.